The number of halogens is 3. The highest BCUT2D eigenvalue weighted by molar-refractivity contribution is 14.1. The molecular weight excluding hydrogens is 432 g/mol. The minimum Gasteiger partial charge on any atom is -0.321 e. The van der Waals surface area contributed by atoms with Crippen LogP contribution >= 0.6 is 45.8 Å². The highest BCUT2D eigenvalue weighted by Crippen LogP contribution is 2.30. The first kappa shape index (κ1) is 17.6. The molecule has 0 radical (unpaired) electrons. The Morgan fingerprint density at radius 2 is 1.86 bits per heavy atom. The molecule has 1 N–H and O–H groups in total. The maximum atomic E-state index is 12.6. The fourth-order valence-corrected chi connectivity index (χ4v) is 3.36. The summed E-state index contributed by atoms with van der Waals surface area (Å²) < 4.78 is 0.859. The van der Waals surface area contributed by atoms with Crippen molar-refractivity contribution in [2.75, 3.05) is 5.32 Å². The Bertz CT molecular complexity index is 716. The number of anilines is 1. The third-order valence-corrected chi connectivity index (χ3v) is 5.02. The number of carbonyl (C=O) groups excluding carboxylic acids is 1. The Balaban J connectivity index is 2.44. The van der Waals surface area contributed by atoms with Crippen LogP contribution in [0.1, 0.15) is 35.3 Å². The quantitative estimate of drug-likeness (QED) is 0.574. The molecule has 0 saturated carbocycles. The van der Waals surface area contributed by atoms with E-state index in [-0.39, 0.29) is 5.91 Å². The van der Waals surface area contributed by atoms with E-state index in [1.807, 2.05) is 25.1 Å². The van der Waals surface area contributed by atoms with Crippen molar-refractivity contribution in [2.45, 2.75) is 26.7 Å². The molecule has 0 fully saturated rings. The molecule has 0 bridgehead atoms. The normalized spacial score (nSPS) is 10.6. The fourth-order valence-electron chi connectivity index (χ4n) is 2.32. The molecule has 5 heteroatoms. The summed E-state index contributed by atoms with van der Waals surface area (Å²) in [7, 11) is 0. The van der Waals surface area contributed by atoms with E-state index >= 15 is 0 Å². The van der Waals surface area contributed by atoms with Crippen LogP contribution in [0.3, 0.4) is 0 Å². The van der Waals surface area contributed by atoms with E-state index in [2.05, 4.69) is 34.8 Å². The van der Waals surface area contributed by atoms with Gasteiger partial charge in [-0.25, -0.2) is 0 Å². The van der Waals surface area contributed by atoms with E-state index in [4.69, 9.17) is 23.2 Å². The van der Waals surface area contributed by atoms with Gasteiger partial charge in [0, 0.05) is 19.3 Å². The van der Waals surface area contributed by atoms with E-state index in [9.17, 15) is 4.79 Å². The summed E-state index contributed by atoms with van der Waals surface area (Å²) in [6, 6.07) is 9.13. The Morgan fingerprint density at radius 3 is 2.50 bits per heavy atom. The van der Waals surface area contributed by atoms with Crippen molar-refractivity contribution >= 4 is 57.4 Å². The molecule has 116 valence electrons. The summed E-state index contributed by atoms with van der Waals surface area (Å²) >= 11 is 14.4. The van der Waals surface area contributed by atoms with Gasteiger partial charge in [0.15, 0.2) is 0 Å². The summed E-state index contributed by atoms with van der Waals surface area (Å²) in [6.07, 6.45) is 1.58. The average molecular weight is 448 g/mol. The second-order valence-corrected chi connectivity index (χ2v) is 6.85. The van der Waals surface area contributed by atoms with Gasteiger partial charge in [-0.15, -0.1) is 0 Å². The van der Waals surface area contributed by atoms with Gasteiger partial charge in [-0.3, -0.25) is 4.79 Å². The number of hydrogen-bond donors (Lipinski definition) is 1. The summed E-state index contributed by atoms with van der Waals surface area (Å²) in [5.41, 5.74) is 3.42. The Morgan fingerprint density at radius 1 is 1.14 bits per heavy atom. The topological polar surface area (TPSA) is 29.1 Å². The summed E-state index contributed by atoms with van der Waals surface area (Å²) in [6.45, 7) is 4.08. The molecule has 0 aliphatic rings. The second kappa shape index (κ2) is 7.66. The first-order valence-corrected chi connectivity index (χ1v) is 8.88. The Hall–Kier alpha value is -0.780. The zero-order valence-corrected chi connectivity index (χ0v) is 16.0. The van der Waals surface area contributed by atoms with Gasteiger partial charge in [-0.05, 0) is 70.8 Å². The minimum atomic E-state index is -0.168. The van der Waals surface area contributed by atoms with E-state index in [0.29, 0.717) is 15.6 Å². The molecule has 2 nitrogen and oxygen atoms in total. The molecule has 1 amide bonds. The summed E-state index contributed by atoms with van der Waals surface area (Å²) in [5, 5.41) is 4.24. The molecule has 2 aromatic carbocycles. The van der Waals surface area contributed by atoms with Crippen LogP contribution in [-0.4, -0.2) is 5.91 Å². The fraction of sp³-hybridized carbons (Fsp3) is 0.235. The van der Waals surface area contributed by atoms with Crippen molar-refractivity contribution in [2.24, 2.45) is 0 Å². The zero-order chi connectivity index (χ0) is 16.3. The first-order valence-electron chi connectivity index (χ1n) is 7.04. The van der Waals surface area contributed by atoms with Crippen molar-refractivity contribution in [1.29, 1.82) is 0 Å². The zero-order valence-electron chi connectivity index (χ0n) is 12.3. The molecule has 0 aliphatic carbocycles. The van der Waals surface area contributed by atoms with Crippen LogP contribution in [0.2, 0.25) is 10.0 Å². The first-order chi connectivity index (χ1) is 10.5. The van der Waals surface area contributed by atoms with E-state index in [1.165, 1.54) is 0 Å². The lowest BCUT2D eigenvalue weighted by Crippen LogP contribution is -2.16. The average Bonchev–Trinajstić information content (AvgIpc) is 2.50. The van der Waals surface area contributed by atoms with Crippen LogP contribution in [0.4, 0.5) is 5.69 Å². The van der Waals surface area contributed by atoms with Gasteiger partial charge in [-0.2, -0.15) is 0 Å². The molecule has 2 aromatic rings. The molecule has 0 heterocycles. The molecule has 0 aromatic heterocycles. The maximum Gasteiger partial charge on any atom is 0.256 e. The molecule has 0 unspecified atom stereocenters. The van der Waals surface area contributed by atoms with Gasteiger partial charge in [0.25, 0.3) is 5.91 Å². The molecule has 0 atom stereocenters. The number of rotatable bonds is 4. The third-order valence-electron chi connectivity index (χ3n) is 3.49. The van der Waals surface area contributed by atoms with Crippen molar-refractivity contribution in [1.82, 2.24) is 0 Å². The van der Waals surface area contributed by atoms with Crippen molar-refractivity contribution in [3.63, 3.8) is 0 Å². The number of carbonyl (C=O) groups is 1. The number of benzene rings is 2. The molecule has 22 heavy (non-hydrogen) atoms. The lowest BCUT2D eigenvalue weighted by Gasteiger charge is -2.16. The van der Waals surface area contributed by atoms with Gasteiger partial charge >= 0.3 is 0 Å². The minimum absolute atomic E-state index is 0.168. The predicted molar refractivity (Wildman–Crippen MR) is 102 cm³/mol. The van der Waals surface area contributed by atoms with Crippen molar-refractivity contribution < 1.29 is 4.79 Å². The lowest BCUT2D eigenvalue weighted by atomic mass is 10.0. The molecular formula is C17H16Cl2INO. The number of hydrogen-bond acceptors (Lipinski definition) is 1. The highest BCUT2D eigenvalue weighted by atomic mass is 127. The predicted octanol–water partition coefficient (Wildman–Crippen LogP) is 5.98. The van der Waals surface area contributed by atoms with Crippen LogP contribution in [0.5, 0.6) is 0 Å². The van der Waals surface area contributed by atoms with Gasteiger partial charge in [0.2, 0.25) is 0 Å². The largest absolute Gasteiger partial charge is 0.321 e. The van der Waals surface area contributed by atoms with Crippen LogP contribution < -0.4 is 5.32 Å². The van der Waals surface area contributed by atoms with Gasteiger partial charge in [-0.1, -0.05) is 43.1 Å². The summed E-state index contributed by atoms with van der Waals surface area (Å²) in [4.78, 5) is 12.6. The van der Waals surface area contributed by atoms with Gasteiger partial charge in [0.05, 0.1) is 5.56 Å². The van der Waals surface area contributed by atoms with E-state index < -0.39 is 0 Å². The van der Waals surface area contributed by atoms with Crippen LogP contribution in [0.15, 0.2) is 30.3 Å². The molecule has 2 rings (SSSR count). The Labute approximate surface area is 154 Å². The Kier molecular flexibility index (Phi) is 6.12. The monoisotopic (exact) mass is 447 g/mol. The number of aryl methyl sites for hydroxylation is 1. The van der Waals surface area contributed by atoms with Gasteiger partial charge < -0.3 is 5.32 Å². The van der Waals surface area contributed by atoms with Crippen molar-refractivity contribution in [3.8, 4) is 0 Å². The van der Waals surface area contributed by atoms with Gasteiger partial charge in [0.1, 0.15) is 0 Å². The van der Waals surface area contributed by atoms with E-state index in [0.717, 1.165) is 33.2 Å². The molecule has 0 saturated heterocycles. The number of amides is 1. The van der Waals surface area contributed by atoms with Crippen LogP contribution in [0, 0.1) is 3.57 Å². The lowest BCUT2D eigenvalue weighted by molar-refractivity contribution is 0.102. The van der Waals surface area contributed by atoms with Crippen LogP contribution in [0.25, 0.3) is 0 Å². The molecule has 0 aliphatic heterocycles. The number of nitrogens with one attached hydrogen (secondary N) is 1. The molecule has 0 spiro atoms. The second-order valence-electron chi connectivity index (χ2n) is 4.85. The third kappa shape index (κ3) is 3.76. The van der Waals surface area contributed by atoms with Crippen LogP contribution in [-0.2, 0) is 12.8 Å². The standard InChI is InChI=1S/C17H16Cl2INO/c1-3-10-5-7-14(19)12(4-2)16(10)21-17(22)13-9-11(18)6-8-15(13)20/h5-9H,3-4H2,1-2H3,(H,21,22). The SMILES string of the molecule is CCc1ccc(Cl)c(CC)c1NC(=O)c1cc(Cl)ccc1I. The highest BCUT2D eigenvalue weighted by Gasteiger charge is 2.16. The smallest absolute Gasteiger partial charge is 0.256 e. The summed E-state index contributed by atoms with van der Waals surface area (Å²) in [5.74, 6) is -0.168. The maximum absolute atomic E-state index is 12.6. The van der Waals surface area contributed by atoms with E-state index in [1.54, 1.807) is 12.1 Å². The van der Waals surface area contributed by atoms with Crippen molar-refractivity contribution in [3.05, 3.63) is 60.6 Å².